The first-order valence-corrected chi connectivity index (χ1v) is 7.43. The van der Waals surface area contributed by atoms with E-state index in [0.29, 0.717) is 23.7 Å². The Kier molecular flexibility index (Phi) is 5.21. The number of halogens is 1. The van der Waals surface area contributed by atoms with Gasteiger partial charge in [-0.25, -0.2) is 4.79 Å². The second-order valence-corrected chi connectivity index (χ2v) is 5.34. The second kappa shape index (κ2) is 7.13. The van der Waals surface area contributed by atoms with Crippen molar-refractivity contribution in [3.63, 3.8) is 0 Å². The number of nitriles is 1. The van der Waals surface area contributed by atoms with Crippen molar-refractivity contribution in [3.8, 4) is 17.6 Å². The highest BCUT2D eigenvalue weighted by Gasteiger charge is 2.23. The fraction of sp³-hybridized carbons (Fsp3) is 0.214. The summed E-state index contributed by atoms with van der Waals surface area (Å²) < 4.78 is 11.6. The molecule has 7 nitrogen and oxygen atoms in total. The van der Waals surface area contributed by atoms with E-state index in [-0.39, 0.29) is 12.3 Å². The van der Waals surface area contributed by atoms with Crippen LogP contribution in [-0.2, 0) is 4.79 Å². The molecule has 1 fully saturated rings. The highest BCUT2D eigenvalue weighted by Crippen LogP contribution is 2.34. The molecular weight excluding hydrogens is 401 g/mol. The third kappa shape index (κ3) is 3.67. The lowest BCUT2D eigenvalue weighted by Crippen LogP contribution is -2.22. The van der Waals surface area contributed by atoms with Gasteiger partial charge in [0.05, 0.1) is 10.2 Å². The van der Waals surface area contributed by atoms with Gasteiger partial charge in [0.1, 0.15) is 11.8 Å². The van der Waals surface area contributed by atoms with Crippen molar-refractivity contribution in [2.45, 2.75) is 6.92 Å². The summed E-state index contributed by atoms with van der Waals surface area (Å²) in [5.74, 6) is 0.468. The Labute approximate surface area is 140 Å². The standard InChI is InChI=1S/C14H12IN3O4/c1-2-21-11-7-8(5-9(15)12(11)22-4-3-16)6-10-13(19)18-14(20)17-10/h5-7H,2,4H2,1H3,(H2,17,18,19,20). The maximum atomic E-state index is 11.5. The second-order valence-electron chi connectivity index (χ2n) is 4.18. The van der Waals surface area contributed by atoms with E-state index in [0.717, 1.165) is 3.57 Å². The molecule has 1 saturated heterocycles. The van der Waals surface area contributed by atoms with Crippen LogP contribution in [0.15, 0.2) is 17.8 Å². The van der Waals surface area contributed by atoms with E-state index in [2.05, 4.69) is 33.2 Å². The van der Waals surface area contributed by atoms with Gasteiger partial charge in [-0.1, -0.05) is 0 Å². The minimum Gasteiger partial charge on any atom is -0.490 e. The first-order chi connectivity index (χ1) is 10.5. The van der Waals surface area contributed by atoms with Crippen LogP contribution < -0.4 is 20.1 Å². The van der Waals surface area contributed by atoms with Crippen LogP contribution in [0.1, 0.15) is 12.5 Å². The number of hydrogen-bond donors (Lipinski definition) is 2. The van der Waals surface area contributed by atoms with Crippen molar-refractivity contribution in [1.29, 1.82) is 5.26 Å². The molecule has 1 aromatic carbocycles. The zero-order valence-electron chi connectivity index (χ0n) is 11.6. The van der Waals surface area contributed by atoms with Gasteiger partial charge in [-0.2, -0.15) is 5.26 Å². The third-order valence-electron chi connectivity index (χ3n) is 2.64. The molecule has 0 bridgehead atoms. The SMILES string of the molecule is CCOc1cc(C=C2NC(=O)NC2=O)cc(I)c1OCC#N. The topological polar surface area (TPSA) is 100 Å². The van der Waals surface area contributed by atoms with Gasteiger partial charge < -0.3 is 14.8 Å². The Morgan fingerprint density at radius 3 is 2.68 bits per heavy atom. The van der Waals surface area contributed by atoms with Gasteiger partial charge in [-0.15, -0.1) is 0 Å². The highest BCUT2D eigenvalue weighted by molar-refractivity contribution is 14.1. The number of imide groups is 1. The summed E-state index contributed by atoms with van der Waals surface area (Å²) in [6, 6.07) is 4.80. The average molecular weight is 413 g/mol. The van der Waals surface area contributed by atoms with E-state index in [1.807, 2.05) is 13.0 Å². The van der Waals surface area contributed by atoms with Crippen LogP contribution in [-0.4, -0.2) is 25.2 Å². The first kappa shape index (κ1) is 16.1. The smallest absolute Gasteiger partial charge is 0.326 e. The molecule has 0 unspecified atom stereocenters. The van der Waals surface area contributed by atoms with Crippen molar-refractivity contribution in [2.75, 3.05) is 13.2 Å². The fourth-order valence-electron chi connectivity index (χ4n) is 1.83. The van der Waals surface area contributed by atoms with Crippen LogP contribution in [0.2, 0.25) is 0 Å². The summed E-state index contributed by atoms with van der Waals surface area (Å²) in [6.07, 6.45) is 1.54. The van der Waals surface area contributed by atoms with E-state index in [1.165, 1.54) is 0 Å². The Bertz CT molecular complexity index is 694. The molecule has 2 rings (SSSR count). The molecule has 0 saturated carbocycles. The number of carbonyl (C=O) groups excluding carboxylic acids is 2. The van der Waals surface area contributed by atoms with Crippen molar-refractivity contribution >= 4 is 40.6 Å². The third-order valence-corrected chi connectivity index (χ3v) is 3.44. The summed E-state index contributed by atoms with van der Waals surface area (Å²) >= 11 is 2.06. The highest BCUT2D eigenvalue weighted by atomic mass is 127. The number of ether oxygens (including phenoxy) is 2. The lowest BCUT2D eigenvalue weighted by Gasteiger charge is -2.13. The minimum absolute atomic E-state index is 0.0883. The number of benzene rings is 1. The lowest BCUT2D eigenvalue weighted by atomic mass is 10.1. The van der Waals surface area contributed by atoms with Crippen molar-refractivity contribution in [3.05, 3.63) is 27.0 Å². The Morgan fingerprint density at radius 1 is 1.32 bits per heavy atom. The maximum absolute atomic E-state index is 11.5. The van der Waals surface area contributed by atoms with Crippen molar-refractivity contribution in [2.24, 2.45) is 0 Å². The molecule has 1 aliphatic heterocycles. The molecule has 0 spiro atoms. The van der Waals surface area contributed by atoms with E-state index >= 15 is 0 Å². The van der Waals surface area contributed by atoms with E-state index in [1.54, 1.807) is 18.2 Å². The number of rotatable bonds is 5. The zero-order chi connectivity index (χ0) is 16.1. The van der Waals surface area contributed by atoms with Gasteiger partial charge in [0.15, 0.2) is 18.1 Å². The molecule has 1 aliphatic rings. The molecule has 8 heteroatoms. The summed E-state index contributed by atoms with van der Waals surface area (Å²) in [6.45, 7) is 2.17. The number of urea groups is 1. The van der Waals surface area contributed by atoms with Crippen LogP contribution in [0.25, 0.3) is 6.08 Å². The molecule has 0 aliphatic carbocycles. The Morgan fingerprint density at radius 2 is 2.09 bits per heavy atom. The Balaban J connectivity index is 2.38. The van der Waals surface area contributed by atoms with E-state index in [9.17, 15) is 9.59 Å². The number of nitrogens with zero attached hydrogens (tertiary/aromatic N) is 1. The number of carbonyl (C=O) groups is 2. The Hall–Kier alpha value is -2.28. The lowest BCUT2D eigenvalue weighted by molar-refractivity contribution is -0.115. The van der Waals surface area contributed by atoms with Crippen LogP contribution in [0.5, 0.6) is 11.5 Å². The number of nitrogens with one attached hydrogen (secondary N) is 2. The minimum atomic E-state index is -0.551. The largest absolute Gasteiger partial charge is 0.490 e. The van der Waals surface area contributed by atoms with Gasteiger partial charge in [0, 0.05) is 0 Å². The van der Waals surface area contributed by atoms with Gasteiger partial charge >= 0.3 is 6.03 Å². The van der Waals surface area contributed by atoms with Crippen molar-refractivity contribution < 1.29 is 19.1 Å². The van der Waals surface area contributed by atoms with Gasteiger partial charge in [0.25, 0.3) is 5.91 Å². The first-order valence-electron chi connectivity index (χ1n) is 6.35. The van der Waals surface area contributed by atoms with E-state index < -0.39 is 11.9 Å². The summed E-state index contributed by atoms with van der Waals surface area (Å²) in [5, 5.41) is 13.2. The molecule has 1 heterocycles. The summed E-state index contributed by atoms with van der Waals surface area (Å²) in [4.78, 5) is 22.6. The molecule has 0 radical (unpaired) electrons. The van der Waals surface area contributed by atoms with Crippen molar-refractivity contribution in [1.82, 2.24) is 10.6 Å². The molecule has 3 amide bonds. The zero-order valence-corrected chi connectivity index (χ0v) is 13.8. The molecule has 22 heavy (non-hydrogen) atoms. The number of hydrogen-bond acceptors (Lipinski definition) is 5. The fourth-order valence-corrected chi connectivity index (χ4v) is 2.61. The van der Waals surface area contributed by atoms with Crippen LogP contribution >= 0.6 is 22.6 Å². The molecule has 0 atom stereocenters. The predicted molar refractivity (Wildman–Crippen MR) is 86.1 cm³/mol. The van der Waals surface area contributed by atoms with Gasteiger partial charge in [0.2, 0.25) is 0 Å². The molecule has 0 aromatic heterocycles. The number of amides is 3. The normalized spacial score (nSPS) is 15.2. The summed E-state index contributed by atoms with van der Waals surface area (Å²) in [7, 11) is 0. The molecular formula is C14H12IN3O4. The van der Waals surface area contributed by atoms with Crippen LogP contribution in [0.3, 0.4) is 0 Å². The van der Waals surface area contributed by atoms with Gasteiger partial charge in [-0.3, -0.25) is 10.1 Å². The monoisotopic (exact) mass is 413 g/mol. The van der Waals surface area contributed by atoms with Gasteiger partial charge in [-0.05, 0) is 53.3 Å². The van der Waals surface area contributed by atoms with Crippen LogP contribution in [0, 0.1) is 14.9 Å². The quantitative estimate of drug-likeness (QED) is 0.436. The predicted octanol–water partition coefficient (Wildman–Crippen LogP) is 1.77. The van der Waals surface area contributed by atoms with E-state index in [4.69, 9.17) is 14.7 Å². The molecule has 114 valence electrons. The summed E-state index contributed by atoms with van der Waals surface area (Å²) in [5.41, 5.74) is 0.832. The average Bonchev–Trinajstić information content (AvgIpc) is 2.76. The molecule has 2 N–H and O–H groups in total. The molecule has 1 aromatic rings. The van der Waals surface area contributed by atoms with Crippen LogP contribution in [0.4, 0.5) is 4.79 Å². The maximum Gasteiger partial charge on any atom is 0.326 e.